The van der Waals surface area contributed by atoms with Gasteiger partial charge in [0, 0.05) is 0 Å². The number of carbonyl (C=O) groups is 1. The van der Waals surface area contributed by atoms with Gasteiger partial charge >= 0.3 is 0 Å². The molecule has 4 aromatic rings. The second-order valence-corrected chi connectivity index (χ2v) is 12.2. The lowest BCUT2D eigenvalue weighted by Crippen LogP contribution is -2.44. The Hall–Kier alpha value is -2.60. The van der Waals surface area contributed by atoms with Crippen molar-refractivity contribution in [3.05, 3.63) is 41.4 Å². The van der Waals surface area contributed by atoms with E-state index in [1.165, 1.54) is 28.7 Å². The molecule has 0 saturated carbocycles. The van der Waals surface area contributed by atoms with Crippen molar-refractivity contribution in [3.63, 3.8) is 0 Å². The number of thiazole rings is 2. The Morgan fingerprint density at radius 3 is 2.50 bits per heavy atom. The Morgan fingerprint density at radius 2 is 1.76 bits per heavy atom. The highest BCUT2D eigenvalue weighted by atomic mass is 32.2. The fourth-order valence-corrected chi connectivity index (χ4v) is 6.60. The first kappa shape index (κ1) is 24.5. The first-order chi connectivity index (χ1) is 16.1. The van der Waals surface area contributed by atoms with Crippen LogP contribution in [0.5, 0.6) is 5.75 Å². The molecule has 2 aromatic heterocycles. The molecule has 0 fully saturated rings. The number of aromatic nitrogens is 2. The average Bonchev–Trinajstić information content (AvgIpc) is 3.33. The van der Waals surface area contributed by atoms with E-state index in [1.807, 2.05) is 45.9 Å². The molecule has 2 aromatic carbocycles. The number of amides is 1. The number of carbonyl (C=O) groups excluding carboxylic acids is 1. The Labute approximate surface area is 206 Å². The second-order valence-electron chi connectivity index (χ2n) is 8.24. The molecule has 2 heterocycles. The first-order valence-electron chi connectivity index (χ1n) is 10.9. The number of benzene rings is 2. The minimum atomic E-state index is -3.93. The highest BCUT2D eigenvalue weighted by Crippen LogP contribution is 2.30. The van der Waals surface area contributed by atoms with Crippen molar-refractivity contribution in [1.29, 1.82) is 0 Å². The molecule has 0 saturated heterocycles. The van der Waals surface area contributed by atoms with Crippen LogP contribution in [0.2, 0.25) is 0 Å². The van der Waals surface area contributed by atoms with Gasteiger partial charge in [0.1, 0.15) is 11.8 Å². The number of hydrogen-bond donors (Lipinski definition) is 2. The van der Waals surface area contributed by atoms with Crippen molar-refractivity contribution in [2.24, 2.45) is 5.92 Å². The van der Waals surface area contributed by atoms with E-state index in [4.69, 9.17) is 4.74 Å². The predicted octanol–water partition coefficient (Wildman–Crippen LogP) is 4.94. The predicted molar refractivity (Wildman–Crippen MR) is 137 cm³/mol. The van der Waals surface area contributed by atoms with Gasteiger partial charge in [-0.05, 0) is 62.6 Å². The molecule has 2 N–H and O–H groups in total. The first-order valence-corrected chi connectivity index (χ1v) is 14.0. The summed E-state index contributed by atoms with van der Waals surface area (Å²) >= 11 is 2.74. The normalized spacial score (nSPS) is 13.0. The van der Waals surface area contributed by atoms with Crippen LogP contribution in [-0.2, 0) is 14.8 Å². The summed E-state index contributed by atoms with van der Waals surface area (Å²) in [5, 5.41) is 4.05. The number of aryl methyl sites for hydroxylation is 1. The van der Waals surface area contributed by atoms with Gasteiger partial charge in [0.25, 0.3) is 0 Å². The summed E-state index contributed by atoms with van der Waals surface area (Å²) in [4.78, 5) is 22.0. The van der Waals surface area contributed by atoms with Crippen molar-refractivity contribution < 1.29 is 17.9 Å². The van der Waals surface area contributed by atoms with E-state index in [-0.39, 0.29) is 10.8 Å². The van der Waals surface area contributed by atoms with Gasteiger partial charge in [-0.1, -0.05) is 25.2 Å². The number of nitrogens with zero attached hydrogens (tertiary/aromatic N) is 2. The molecule has 34 heavy (non-hydrogen) atoms. The van der Waals surface area contributed by atoms with E-state index >= 15 is 0 Å². The Morgan fingerprint density at radius 1 is 1.06 bits per heavy atom. The smallest absolute Gasteiger partial charge is 0.244 e. The lowest BCUT2D eigenvalue weighted by molar-refractivity contribution is -0.118. The molecule has 0 radical (unpaired) electrons. The van der Waals surface area contributed by atoms with Gasteiger partial charge in [-0.25, -0.2) is 18.4 Å². The summed E-state index contributed by atoms with van der Waals surface area (Å²) in [7, 11) is -3.93. The number of ether oxygens (including phenoxy) is 1. The average molecular weight is 519 g/mol. The topological polar surface area (TPSA) is 110 Å². The van der Waals surface area contributed by atoms with Crippen LogP contribution in [0.4, 0.5) is 5.13 Å². The van der Waals surface area contributed by atoms with Crippen LogP contribution in [0.1, 0.15) is 32.2 Å². The maximum absolute atomic E-state index is 13.1. The van der Waals surface area contributed by atoms with Crippen molar-refractivity contribution in [2.45, 2.75) is 45.1 Å². The van der Waals surface area contributed by atoms with Crippen LogP contribution in [0.25, 0.3) is 20.4 Å². The zero-order chi connectivity index (χ0) is 24.5. The lowest BCUT2D eigenvalue weighted by Gasteiger charge is -2.19. The fourth-order valence-electron chi connectivity index (χ4n) is 3.53. The van der Waals surface area contributed by atoms with Crippen LogP contribution in [-0.4, -0.2) is 36.9 Å². The molecule has 0 unspecified atom stereocenters. The summed E-state index contributed by atoms with van der Waals surface area (Å²) in [5.41, 5.74) is 1.49. The van der Waals surface area contributed by atoms with E-state index in [1.54, 1.807) is 12.1 Å². The molecule has 0 aliphatic rings. The van der Waals surface area contributed by atoms with Crippen molar-refractivity contribution in [1.82, 2.24) is 14.7 Å². The Balaban J connectivity index is 1.55. The highest BCUT2D eigenvalue weighted by Gasteiger charge is 2.27. The Bertz CT molecular complexity index is 1440. The number of hydrogen-bond acceptors (Lipinski definition) is 8. The van der Waals surface area contributed by atoms with E-state index in [9.17, 15) is 13.2 Å². The van der Waals surface area contributed by atoms with Crippen LogP contribution >= 0.6 is 22.7 Å². The molecule has 11 heteroatoms. The number of anilines is 1. The SMILES string of the molecule is CCOc1ccc2nc(NC(=O)[C@@H](CC(C)C)NS(=O)(=O)c3ccc4nc(C)sc4c3)sc2c1. The van der Waals surface area contributed by atoms with Gasteiger partial charge in [-0.3, -0.25) is 4.79 Å². The summed E-state index contributed by atoms with van der Waals surface area (Å²) in [6, 6.07) is 9.37. The quantitative estimate of drug-likeness (QED) is 0.325. The molecule has 1 amide bonds. The fraction of sp³-hybridized carbons (Fsp3) is 0.348. The largest absolute Gasteiger partial charge is 0.494 e. The zero-order valence-electron chi connectivity index (χ0n) is 19.3. The monoisotopic (exact) mass is 518 g/mol. The number of nitrogens with one attached hydrogen (secondary N) is 2. The lowest BCUT2D eigenvalue weighted by atomic mass is 10.0. The maximum atomic E-state index is 13.1. The van der Waals surface area contributed by atoms with Gasteiger partial charge in [0.15, 0.2) is 5.13 Å². The number of rotatable bonds is 9. The van der Waals surface area contributed by atoms with E-state index in [2.05, 4.69) is 20.0 Å². The third kappa shape index (κ3) is 5.54. The van der Waals surface area contributed by atoms with Gasteiger partial charge in [0.05, 0.1) is 36.9 Å². The van der Waals surface area contributed by atoms with Crippen molar-refractivity contribution in [2.75, 3.05) is 11.9 Å². The third-order valence-electron chi connectivity index (χ3n) is 5.00. The van der Waals surface area contributed by atoms with Crippen LogP contribution < -0.4 is 14.8 Å². The van der Waals surface area contributed by atoms with Crippen molar-refractivity contribution in [3.8, 4) is 5.75 Å². The maximum Gasteiger partial charge on any atom is 0.244 e. The van der Waals surface area contributed by atoms with Gasteiger partial charge in [-0.15, -0.1) is 11.3 Å². The second kappa shape index (κ2) is 9.95. The van der Waals surface area contributed by atoms with Gasteiger partial charge in [0.2, 0.25) is 15.9 Å². The standard InChI is InChI=1S/C23H26N4O4S3/c1-5-31-15-6-8-18-20(11-15)33-23(25-18)26-22(28)19(10-13(2)3)27-34(29,30)16-7-9-17-21(12-16)32-14(4)24-17/h6-9,11-13,19,27H,5,10H2,1-4H3,(H,25,26,28)/t19-/m1/s1. The third-order valence-corrected chi connectivity index (χ3v) is 8.34. The van der Waals surface area contributed by atoms with E-state index in [0.717, 1.165) is 31.2 Å². The molecule has 0 bridgehead atoms. The zero-order valence-corrected chi connectivity index (χ0v) is 21.7. The van der Waals surface area contributed by atoms with E-state index < -0.39 is 22.0 Å². The van der Waals surface area contributed by atoms with Crippen LogP contribution in [0.15, 0.2) is 41.3 Å². The van der Waals surface area contributed by atoms with Gasteiger partial charge in [-0.2, -0.15) is 4.72 Å². The highest BCUT2D eigenvalue weighted by molar-refractivity contribution is 7.89. The summed E-state index contributed by atoms with van der Waals surface area (Å²) in [6.45, 7) is 8.22. The molecular formula is C23H26N4O4S3. The molecule has 180 valence electrons. The molecule has 0 aliphatic heterocycles. The molecule has 0 aliphatic carbocycles. The number of fused-ring (bicyclic) bond motifs is 2. The molecule has 0 spiro atoms. The van der Waals surface area contributed by atoms with Gasteiger partial charge < -0.3 is 10.1 Å². The van der Waals surface area contributed by atoms with Crippen LogP contribution in [0, 0.1) is 12.8 Å². The Kier molecular flexibility index (Phi) is 7.17. The molecule has 1 atom stereocenters. The molecule has 8 nitrogen and oxygen atoms in total. The minimum absolute atomic E-state index is 0.0918. The minimum Gasteiger partial charge on any atom is -0.494 e. The van der Waals surface area contributed by atoms with E-state index in [0.29, 0.717) is 18.2 Å². The number of sulfonamides is 1. The van der Waals surface area contributed by atoms with Crippen molar-refractivity contribution >= 4 is 64.2 Å². The molecule has 4 rings (SSSR count). The summed E-state index contributed by atoms with van der Waals surface area (Å²) in [6.07, 6.45) is 0.340. The van der Waals surface area contributed by atoms with Crippen LogP contribution in [0.3, 0.4) is 0 Å². The molecular weight excluding hydrogens is 492 g/mol. The summed E-state index contributed by atoms with van der Waals surface area (Å²) < 4.78 is 36.0. The summed E-state index contributed by atoms with van der Waals surface area (Å²) in [5.74, 6) is 0.375.